The molecule has 0 radical (unpaired) electrons. The van der Waals surface area contributed by atoms with Crippen LogP contribution in [-0.4, -0.2) is 54.0 Å². The Morgan fingerprint density at radius 2 is 2.04 bits per heavy atom. The monoisotopic (exact) mass is 361 g/mol. The molecule has 3 amide bonds. The number of alkyl halides is 1. The summed E-state index contributed by atoms with van der Waals surface area (Å²) in [7, 11) is 0. The number of rotatable bonds is 3. The summed E-state index contributed by atoms with van der Waals surface area (Å²) >= 11 is 0. The second-order valence-corrected chi connectivity index (χ2v) is 6.88. The van der Waals surface area contributed by atoms with E-state index in [1.165, 1.54) is 4.90 Å². The van der Waals surface area contributed by atoms with Crippen molar-refractivity contribution in [3.8, 4) is 5.75 Å². The van der Waals surface area contributed by atoms with Gasteiger partial charge in [-0.15, -0.1) is 0 Å². The zero-order valence-electron chi connectivity index (χ0n) is 14.2. The second-order valence-electron chi connectivity index (χ2n) is 6.88. The fourth-order valence-corrected chi connectivity index (χ4v) is 3.71. The van der Waals surface area contributed by atoms with Crippen LogP contribution in [0.15, 0.2) is 18.2 Å². The SMILES string of the molecule is O=C1CCC(N2Cc3cc(O[C@H]4CNCC[C@H]4F)ccc3C2=O)C(=O)N1. The number of nitrogens with zero attached hydrogens (tertiary/aromatic N) is 1. The van der Waals surface area contributed by atoms with Crippen molar-refractivity contribution in [2.75, 3.05) is 13.1 Å². The smallest absolute Gasteiger partial charge is 0.255 e. The second kappa shape index (κ2) is 6.68. The van der Waals surface area contributed by atoms with Crippen molar-refractivity contribution in [2.45, 2.75) is 44.1 Å². The normalized spacial score (nSPS) is 28.7. The Hall–Kier alpha value is -2.48. The fourth-order valence-electron chi connectivity index (χ4n) is 3.71. The lowest BCUT2D eigenvalue weighted by Crippen LogP contribution is -2.52. The van der Waals surface area contributed by atoms with Gasteiger partial charge in [-0.05, 0) is 43.1 Å². The van der Waals surface area contributed by atoms with Gasteiger partial charge in [-0.1, -0.05) is 0 Å². The van der Waals surface area contributed by atoms with Gasteiger partial charge < -0.3 is 15.0 Å². The first kappa shape index (κ1) is 17.0. The minimum atomic E-state index is -1.02. The van der Waals surface area contributed by atoms with E-state index in [2.05, 4.69) is 10.6 Å². The maximum atomic E-state index is 14.0. The fraction of sp³-hybridized carbons (Fsp3) is 0.500. The third-order valence-corrected chi connectivity index (χ3v) is 5.13. The predicted octanol–water partition coefficient (Wildman–Crippen LogP) is 0.526. The molecule has 26 heavy (non-hydrogen) atoms. The Bertz CT molecular complexity index is 769. The van der Waals surface area contributed by atoms with E-state index in [-0.39, 0.29) is 24.8 Å². The first-order chi connectivity index (χ1) is 12.5. The van der Waals surface area contributed by atoms with Gasteiger partial charge in [-0.25, -0.2) is 4.39 Å². The number of halogens is 1. The molecule has 2 N–H and O–H groups in total. The quantitative estimate of drug-likeness (QED) is 0.767. The molecule has 3 aliphatic heterocycles. The molecule has 3 aliphatic rings. The number of piperidine rings is 2. The Kier molecular flexibility index (Phi) is 4.36. The Morgan fingerprint density at radius 3 is 2.81 bits per heavy atom. The van der Waals surface area contributed by atoms with Gasteiger partial charge in [0.15, 0.2) is 0 Å². The number of amides is 3. The average molecular weight is 361 g/mol. The molecule has 4 rings (SSSR count). The van der Waals surface area contributed by atoms with Crippen LogP contribution in [0.25, 0.3) is 0 Å². The zero-order chi connectivity index (χ0) is 18.3. The summed E-state index contributed by atoms with van der Waals surface area (Å²) in [5.74, 6) is -0.470. The van der Waals surface area contributed by atoms with E-state index in [4.69, 9.17) is 4.74 Å². The van der Waals surface area contributed by atoms with Gasteiger partial charge in [0.25, 0.3) is 5.91 Å². The molecule has 0 spiro atoms. The highest BCUT2D eigenvalue weighted by Crippen LogP contribution is 2.31. The summed E-state index contributed by atoms with van der Waals surface area (Å²) < 4.78 is 19.7. The van der Waals surface area contributed by atoms with Crippen LogP contribution in [0.3, 0.4) is 0 Å². The molecule has 8 heteroatoms. The molecule has 2 saturated heterocycles. The van der Waals surface area contributed by atoms with E-state index >= 15 is 0 Å². The summed E-state index contributed by atoms with van der Waals surface area (Å²) in [4.78, 5) is 37.5. The Morgan fingerprint density at radius 1 is 1.19 bits per heavy atom. The predicted molar refractivity (Wildman–Crippen MR) is 89.3 cm³/mol. The summed E-state index contributed by atoms with van der Waals surface area (Å²) in [6.45, 7) is 1.36. The Labute approximate surface area is 149 Å². The number of carbonyl (C=O) groups excluding carboxylic acids is 3. The molecule has 1 aromatic rings. The molecule has 0 aromatic heterocycles. The number of fused-ring (bicyclic) bond motifs is 1. The molecule has 2 fully saturated rings. The first-order valence-electron chi connectivity index (χ1n) is 8.82. The number of carbonyl (C=O) groups is 3. The van der Waals surface area contributed by atoms with Crippen molar-refractivity contribution < 1.29 is 23.5 Å². The van der Waals surface area contributed by atoms with E-state index in [9.17, 15) is 18.8 Å². The topological polar surface area (TPSA) is 87.7 Å². The van der Waals surface area contributed by atoms with Gasteiger partial charge in [0, 0.05) is 25.1 Å². The highest BCUT2D eigenvalue weighted by molar-refractivity contribution is 6.05. The molecule has 1 aromatic carbocycles. The van der Waals surface area contributed by atoms with Crippen molar-refractivity contribution in [1.29, 1.82) is 0 Å². The largest absolute Gasteiger partial charge is 0.486 e. The summed E-state index contributed by atoms with van der Waals surface area (Å²) in [6, 6.07) is 4.41. The van der Waals surface area contributed by atoms with Crippen molar-refractivity contribution in [2.24, 2.45) is 0 Å². The molecular weight excluding hydrogens is 341 g/mol. The first-order valence-corrected chi connectivity index (χ1v) is 8.82. The molecule has 0 aliphatic carbocycles. The van der Waals surface area contributed by atoms with E-state index in [1.807, 2.05) is 0 Å². The van der Waals surface area contributed by atoms with Gasteiger partial charge in [0.2, 0.25) is 11.8 Å². The molecule has 3 atom stereocenters. The van der Waals surface area contributed by atoms with Crippen LogP contribution in [-0.2, 0) is 16.1 Å². The van der Waals surface area contributed by atoms with Crippen LogP contribution in [0, 0.1) is 0 Å². The summed E-state index contributed by atoms with van der Waals surface area (Å²) in [5.41, 5.74) is 1.26. The van der Waals surface area contributed by atoms with Gasteiger partial charge in [-0.3, -0.25) is 19.7 Å². The minimum absolute atomic E-state index is 0.220. The third-order valence-electron chi connectivity index (χ3n) is 5.13. The average Bonchev–Trinajstić information content (AvgIpc) is 2.93. The number of benzene rings is 1. The number of ether oxygens (including phenoxy) is 1. The van der Waals surface area contributed by atoms with Crippen molar-refractivity contribution in [1.82, 2.24) is 15.5 Å². The van der Waals surface area contributed by atoms with Crippen molar-refractivity contribution >= 4 is 17.7 Å². The number of imide groups is 1. The van der Waals surface area contributed by atoms with Gasteiger partial charge in [-0.2, -0.15) is 0 Å². The lowest BCUT2D eigenvalue weighted by molar-refractivity contribution is -0.136. The number of hydrogen-bond donors (Lipinski definition) is 2. The number of hydrogen-bond acceptors (Lipinski definition) is 5. The van der Waals surface area contributed by atoms with Crippen LogP contribution in [0.5, 0.6) is 5.75 Å². The summed E-state index contributed by atoms with van der Waals surface area (Å²) in [6.07, 6.45) is -0.615. The van der Waals surface area contributed by atoms with E-state index in [0.717, 1.165) is 5.56 Å². The van der Waals surface area contributed by atoms with Crippen LogP contribution < -0.4 is 15.4 Å². The molecule has 0 saturated carbocycles. The highest BCUT2D eigenvalue weighted by Gasteiger charge is 2.39. The molecule has 0 bridgehead atoms. The van der Waals surface area contributed by atoms with Crippen LogP contribution >= 0.6 is 0 Å². The van der Waals surface area contributed by atoms with Crippen molar-refractivity contribution in [3.05, 3.63) is 29.3 Å². The summed E-state index contributed by atoms with van der Waals surface area (Å²) in [5, 5.41) is 5.38. The minimum Gasteiger partial charge on any atom is -0.486 e. The van der Waals surface area contributed by atoms with E-state index in [0.29, 0.717) is 37.2 Å². The molecular formula is C18H20FN3O4. The Balaban J connectivity index is 1.49. The van der Waals surface area contributed by atoms with Gasteiger partial charge in [0.1, 0.15) is 24.1 Å². The maximum Gasteiger partial charge on any atom is 0.255 e. The molecule has 3 heterocycles. The maximum absolute atomic E-state index is 14.0. The van der Waals surface area contributed by atoms with Crippen molar-refractivity contribution in [3.63, 3.8) is 0 Å². The number of nitrogens with one attached hydrogen (secondary N) is 2. The van der Waals surface area contributed by atoms with Crippen LogP contribution in [0.1, 0.15) is 35.2 Å². The third kappa shape index (κ3) is 3.05. The van der Waals surface area contributed by atoms with E-state index in [1.54, 1.807) is 18.2 Å². The molecule has 1 unspecified atom stereocenters. The van der Waals surface area contributed by atoms with Gasteiger partial charge in [0.05, 0.1) is 0 Å². The molecule has 138 valence electrons. The highest BCUT2D eigenvalue weighted by atomic mass is 19.1. The van der Waals surface area contributed by atoms with Crippen LogP contribution in [0.2, 0.25) is 0 Å². The molecule has 7 nitrogen and oxygen atoms in total. The van der Waals surface area contributed by atoms with E-state index < -0.39 is 24.2 Å². The van der Waals surface area contributed by atoms with Gasteiger partial charge >= 0.3 is 0 Å². The standard InChI is InChI=1S/C18H20FN3O4/c19-13-5-6-20-8-15(13)26-11-1-2-12-10(7-11)9-22(18(12)25)14-3-4-16(23)21-17(14)24/h1-2,7,13-15,20H,3-6,8-9H2,(H,21,23,24)/t13-,14?,15+/m1/s1. The lowest BCUT2D eigenvalue weighted by atomic mass is 10.0. The zero-order valence-corrected chi connectivity index (χ0v) is 14.2. The van der Waals surface area contributed by atoms with Crippen LogP contribution in [0.4, 0.5) is 4.39 Å². The lowest BCUT2D eigenvalue weighted by Gasteiger charge is -2.29.